The number of carbonyl (C=O) groups excluding carboxylic acids is 1. The summed E-state index contributed by atoms with van der Waals surface area (Å²) in [5, 5.41) is 0. The van der Waals surface area contributed by atoms with Gasteiger partial charge >= 0.3 is 0 Å². The third-order valence-electron chi connectivity index (χ3n) is 6.38. The van der Waals surface area contributed by atoms with Gasteiger partial charge in [-0.15, -0.1) is 0 Å². The number of hydrogen-bond acceptors (Lipinski definition) is 5. The Balaban J connectivity index is 1.61. The lowest BCUT2D eigenvalue weighted by Gasteiger charge is -2.30. The van der Waals surface area contributed by atoms with Gasteiger partial charge < -0.3 is 9.30 Å². The predicted molar refractivity (Wildman–Crippen MR) is 134 cm³/mol. The van der Waals surface area contributed by atoms with E-state index in [1.54, 1.807) is 23.7 Å². The van der Waals surface area contributed by atoms with Crippen LogP contribution in [0.4, 0.5) is 4.39 Å². The summed E-state index contributed by atoms with van der Waals surface area (Å²) in [5.41, 5.74) is 0.648. The number of ether oxygens (including phenoxy) is 1. The molecule has 0 atom stereocenters. The fraction of sp³-hybridized carbons (Fsp3) is 0.440. The minimum atomic E-state index is -3.65. The molecule has 10 heteroatoms. The van der Waals surface area contributed by atoms with E-state index in [9.17, 15) is 17.6 Å². The second-order valence-corrected chi connectivity index (χ2v) is 11.6. The molecular weight excluding hydrogens is 489 g/mol. The number of carbonyl (C=O) groups is 1. The standard InChI is InChI=1S/C25H30FN3O4S2/c1-3-33-17-16-29-23-21(26)10-7-11-22(23)34-25(29)27-24(30)18-12-14-20(15-13-18)35(31,32)28(2)19-8-5-4-6-9-19/h7,10-15,19H,3-6,8-9,16-17H2,1-2H3. The van der Waals surface area contributed by atoms with Crippen molar-refractivity contribution in [2.24, 2.45) is 4.99 Å². The number of halogens is 1. The number of nitrogens with zero attached hydrogens (tertiary/aromatic N) is 3. The van der Waals surface area contributed by atoms with Crippen LogP contribution in [-0.2, 0) is 21.3 Å². The van der Waals surface area contributed by atoms with Crippen molar-refractivity contribution in [1.82, 2.24) is 8.87 Å². The van der Waals surface area contributed by atoms with Crippen LogP contribution >= 0.6 is 11.3 Å². The number of fused-ring (bicyclic) bond motifs is 1. The van der Waals surface area contributed by atoms with Crippen LogP contribution in [0.2, 0.25) is 0 Å². The molecule has 188 valence electrons. The van der Waals surface area contributed by atoms with Crippen LogP contribution in [0.25, 0.3) is 10.2 Å². The summed E-state index contributed by atoms with van der Waals surface area (Å²) in [7, 11) is -2.02. The fourth-order valence-corrected chi connectivity index (χ4v) is 6.89. The number of amides is 1. The lowest BCUT2D eigenvalue weighted by atomic mass is 9.96. The van der Waals surface area contributed by atoms with Gasteiger partial charge in [-0.3, -0.25) is 4.79 Å². The Morgan fingerprint density at radius 1 is 1.17 bits per heavy atom. The zero-order valence-electron chi connectivity index (χ0n) is 19.9. The molecule has 3 aromatic rings. The Labute approximate surface area is 208 Å². The predicted octanol–water partition coefficient (Wildman–Crippen LogP) is 4.57. The van der Waals surface area contributed by atoms with E-state index in [0.29, 0.717) is 34.8 Å². The van der Waals surface area contributed by atoms with Crippen molar-refractivity contribution >= 4 is 37.5 Å². The van der Waals surface area contributed by atoms with Gasteiger partial charge in [0.15, 0.2) is 4.80 Å². The molecule has 1 fully saturated rings. The molecule has 4 rings (SSSR count). The molecule has 1 heterocycles. The van der Waals surface area contributed by atoms with Crippen LogP contribution in [0.1, 0.15) is 49.4 Å². The molecule has 35 heavy (non-hydrogen) atoms. The number of aromatic nitrogens is 1. The molecule has 0 saturated heterocycles. The lowest BCUT2D eigenvalue weighted by molar-refractivity contribution is 0.0996. The van der Waals surface area contributed by atoms with Gasteiger partial charge in [0, 0.05) is 31.8 Å². The van der Waals surface area contributed by atoms with Gasteiger partial charge in [-0.25, -0.2) is 12.8 Å². The summed E-state index contributed by atoms with van der Waals surface area (Å²) in [4.78, 5) is 17.7. The van der Waals surface area contributed by atoms with E-state index in [1.165, 1.54) is 46.0 Å². The molecule has 7 nitrogen and oxygen atoms in total. The van der Waals surface area contributed by atoms with Gasteiger partial charge in [0.05, 0.1) is 21.7 Å². The Kier molecular flexibility index (Phi) is 8.16. The van der Waals surface area contributed by atoms with E-state index >= 15 is 0 Å². The number of rotatable bonds is 8. The quantitative estimate of drug-likeness (QED) is 0.408. The lowest BCUT2D eigenvalue weighted by Crippen LogP contribution is -2.38. The van der Waals surface area contributed by atoms with E-state index in [2.05, 4.69) is 4.99 Å². The Hall–Kier alpha value is -2.40. The van der Waals surface area contributed by atoms with Crippen molar-refractivity contribution < 1.29 is 22.3 Å². The van der Waals surface area contributed by atoms with Gasteiger partial charge in [0.25, 0.3) is 5.91 Å². The van der Waals surface area contributed by atoms with Crippen molar-refractivity contribution in [1.29, 1.82) is 0 Å². The summed E-state index contributed by atoms with van der Waals surface area (Å²) < 4.78 is 49.9. The monoisotopic (exact) mass is 519 g/mol. The smallest absolute Gasteiger partial charge is 0.279 e. The molecule has 1 amide bonds. The van der Waals surface area contributed by atoms with Crippen molar-refractivity contribution in [2.45, 2.75) is 56.5 Å². The van der Waals surface area contributed by atoms with Gasteiger partial charge in [-0.2, -0.15) is 9.30 Å². The molecule has 0 radical (unpaired) electrons. The first-order chi connectivity index (χ1) is 16.8. The molecule has 1 aliphatic carbocycles. The average molecular weight is 520 g/mol. The third kappa shape index (κ3) is 5.55. The van der Waals surface area contributed by atoms with E-state index in [0.717, 1.165) is 32.1 Å². The maximum atomic E-state index is 14.5. The second kappa shape index (κ2) is 11.1. The van der Waals surface area contributed by atoms with Crippen LogP contribution in [0, 0.1) is 5.82 Å². The number of hydrogen-bond donors (Lipinski definition) is 0. The van der Waals surface area contributed by atoms with Gasteiger partial charge in [0.2, 0.25) is 10.0 Å². The van der Waals surface area contributed by atoms with Crippen LogP contribution in [-0.4, -0.2) is 49.5 Å². The van der Waals surface area contributed by atoms with Gasteiger partial charge in [-0.1, -0.05) is 36.7 Å². The largest absolute Gasteiger partial charge is 0.380 e. The van der Waals surface area contributed by atoms with Crippen LogP contribution in [0.5, 0.6) is 0 Å². The topological polar surface area (TPSA) is 81.0 Å². The molecule has 2 aromatic carbocycles. The maximum Gasteiger partial charge on any atom is 0.279 e. The highest BCUT2D eigenvalue weighted by Crippen LogP contribution is 2.27. The third-order valence-corrected chi connectivity index (χ3v) is 9.35. The highest BCUT2D eigenvalue weighted by atomic mass is 32.2. The highest BCUT2D eigenvalue weighted by Gasteiger charge is 2.29. The SMILES string of the molecule is CCOCCn1c(=NC(=O)c2ccc(S(=O)(=O)N(C)C3CCCCC3)cc2)sc2cccc(F)c21. The molecule has 1 saturated carbocycles. The maximum absolute atomic E-state index is 14.5. The second-order valence-electron chi connectivity index (χ2n) is 8.57. The Morgan fingerprint density at radius 3 is 2.57 bits per heavy atom. The molecule has 0 bridgehead atoms. The number of para-hydroxylation sites is 1. The summed E-state index contributed by atoms with van der Waals surface area (Å²) in [5.74, 6) is -0.910. The first-order valence-corrected chi connectivity index (χ1v) is 14.1. The van der Waals surface area contributed by atoms with Crippen LogP contribution < -0.4 is 4.80 Å². The summed E-state index contributed by atoms with van der Waals surface area (Å²) in [6, 6.07) is 10.6. The molecule has 0 spiro atoms. The number of sulfonamides is 1. The minimum Gasteiger partial charge on any atom is -0.380 e. The van der Waals surface area contributed by atoms with Crippen LogP contribution in [0.15, 0.2) is 52.4 Å². The van der Waals surface area contributed by atoms with E-state index in [1.807, 2.05) is 6.92 Å². The normalized spacial score (nSPS) is 15.8. The molecule has 1 aliphatic rings. The van der Waals surface area contributed by atoms with Gasteiger partial charge in [-0.05, 0) is 56.2 Å². The van der Waals surface area contributed by atoms with E-state index in [-0.39, 0.29) is 22.3 Å². The highest BCUT2D eigenvalue weighted by molar-refractivity contribution is 7.89. The average Bonchev–Trinajstić information content (AvgIpc) is 3.22. The number of benzene rings is 2. The summed E-state index contributed by atoms with van der Waals surface area (Å²) in [6.07, 6.45) is 4.94. The van der Waals surface area contributed by atoms with Crippen molar-refractivity contribution in [3.8, 4) is 0 Å². The van der Waals surface area contributed by atoms with Gasteiger partial charge in [0.1, 0.15) is 5.82 Å². The van der Waals surface area contributed by atoms with E-state index in [4.69, 9.17) is 4.74 Å². The zero-order chi connectivity index (χ0) is 25.0. The summed E-state index contributed by atoms with van der Waals surface area (Å²) in [6.45, 7) is 3.12. The summed E-state index contributed by atoms with van der Waals surface area (Å²) >= 11 is 1.22. The van der Waals surface area contributed by atoms with E-state index < -0.39 is 15.9 Å². The van der Waals surface area contributed by atoms with Crippen molar-refractivity contribution in [2.75, 3.05) is 20.3 Å². The Morgan fingerprint density at radius 2 is 1.89 bits per heavy atom. The zero-order valence-corrected chi connectivity index (χ0v) is 21.6. The van der Waals surface area contributed by atoms with Crippen molar-refractivity contribution in [3.05, 3.63) is 58.6 Å². The molecule has 0 N–H and O–H groups in total. The first kappa shape index (κ1) is 25.7. The molecular formula is C25H30FN3O4S2. The molecule has 0 unspecified atom stereocenters. The van der Waals surface area contributed by atoms with Crippen molar-refractivity contribution in [3.63, 3.8) is 0 Å². The molecule has 1 aromatic heterocycles. The van der Waals surface area contributed by atoms with Crippen LogP contribution in [0.3, 0.4) is 0 Å². The molecule has 0 aliphatic heterocycles. The number of thiazole rings is 1. The minimum absolute atomic E-state index is 0.00514. The Bertz CT molecular complexity index is 1360. The fourth-order valence-electron chi connectivity index (χ4n) is 4.41. The first-order valence-electron chi connectivity index (χ1n) is 11.9.